The predicted molar refractivity (Wildman–Crippen MR) is 105 cm³/mol. The predicted octanol–water partition coefficient (Wildman–Crippen LogP) is 5.54. The van der Waals surface area contributed by atoms with Crippen LogP contribution in [0.4, 0.5) is 4.79 Å². The Balaban J connectivity index is 1.69. The number of carbonyl (C=O) groups excluding carboxylic acids is 1. The molecule has 1 unspecified atom stereocenters. The summed E-state index contributed by atoms with van der Waals surface area (Å²) in [7, 11) is 1.68. The van der Waals surface area contributed by atoms with Crippen LogP contribution in [0.3, 0.4) is 0 Å². The molecule has 3 rings (SSSR count). The molecule has 1 aromatic carbocycles. The number of halogens is 1. The van der Waals surface area contributed by atoms with Gasteiger partial charge in [0.05, 0.1) is 7.11 Å². The number of carbonyl (C=O) groups is 1. The summed E-state index contributed by atoms with van der Waals surface area (Å²) in [5.41, 5.74) is 2.16. The standard InChI is InChI=1S/C21H28ClNO3/c1-20(2,3)26-19(24)23-12-11-21(14-23)9-7-15(8-10-21)17-6-5-16(22)13-18(17)25-4/h5-7,13H,8-12,14H2,1-4H3. The van der Waals surface area contributed by atoms with Gasteiger partial charge in [0.15, 0.2) is 0 Å². The highest BCUT2D eigenvalue weighted by Gasteiger charge is 2.41. The average molecular weight is 378 g/mol. The number of nitrogens with zero attached hydrogens (tertiary/aromatic N) is 1. The molecule has 0 radical (unpaired) electrons. The van der Waals surface area contributed by atoms with Crippen molar-refractivity contribution in [3.8, 4) is 5.75 Å². The topological polar surface area (TPSA) is 38.8 Å². The van der Waals surface area contributed by atoms with Crippen molar-refractivity contribution in [1.29, 1.82) is 0 Å². The molecule has 1 aliphatic heterocycles. The van der Waals surface area contributed by atoms with E-state index in [1.54, 1.807) is 7.11 Å². The maximum atomic E-state index is 12.3. The second kappa shape index (κ2) is 7.15. The van der Waals surface area contributed by atoms with Crippen LogP contribution in [-0.4, -0.2) is 36.8 Å². The Labute approximate surface area is 161 Å². The lowest BCUT2D eigenvalue weighted by molar-refractivity contribution is 0.0270. The van der Waals surface area contributed by atoms with Crippen molar-refractivity contribution >= 4 is 23.3 Å². The van der Waals surface area contributed by atoms with Crippen LogP contribution in [0.2, 0.25) is 5.02 Å². The van der Waals surface area contributed by atoms with Gasteiger partial charge in [-0.25, -0.2) is 4.79 Å². The Bertz CT molecular complexity index is 722. The highest BCUT2D eigenvalue weighted by molar-refractivity contribution is 6.30. The lowest BCUT2D eigenvalue weighted by Crippen LogP contribution is -2.37. The molecule has 0 N–H and O–H groups in total. The molecule has 4 nitrogen and oxygen atoms in total. The van der Waals surface area contributed by atoms with Crippen molar-refractivity contribution < 1.29 is 14.3 Å². The van der Waals surface area contributed by atoms with E-state index in [9.17, 15) is 4.79 Å². The van der Waals surface area contributed by atoms with Gasteiger partial charge in [0.2, 0.25) is 0 Å². The lowest BCUT2D eigenvalue weighted by atomic mass is 9.73. The second-order valence-corrected chi connectivity index (χ2v) is 8.87. The van der Waals surface area contributed by atoms with Crippen LogP contribution in [0.25, 0.3) is 5.57 Å². The third kappa shape index (κ3) is 4.17. The number of benzene rings is 1. The van der Waals surface area contributed by atoms with E-state index in [4.69, 9.17) is 21.1 Å². The van der Waals surface area contributed by atoms with Gasteiger partial charge in [0, 0.05) is 23.7 Å². The van der Waals surface area contributed by atoms with Gasteiger partial charge in [0.25, 0.3) is 0 Å². The molecule has 1 saturated heterocycles. The average Bonchev–Trinajstić information content (AvgIpc) is 2.98. The number of rotatable bonds is 2. The van der Waals surface area contributed by atoms with Gasteiger partial charge >= 0.3 is 6.09 Å². The van der Waals surface area contributed by atoms with Gasteiger partial charge in [-0.15, -0.1) is 0 Å². The molecule has 2 aliphatic rings. The molecule has 142 valence electrons. The Morgan fingerprint density at radius 3 is 2.65 bits per heavy atom. The van der Waals surface area contributed by atoms with Gasteiger partial charge in [-0.3, -0.25) is 0 Å². The first-order chi connectivity index (χ1) is 12.2. The van der Waals surface area contributed by atoms with E-state index in [-0.39, 0.29) is 11.5 Å². The molecule has 1 heterocycles. The monoisotopic (exact) mass is 377 g/mol. The molecule has 1 aliphatic carbocycles. The van der Waals surface area contributed by atoms with E-state index in [0.29, 0.717) is 5.02 Å². The highest BCUT2D eigenvalue weighted by Crippen LogP contribution is 2.46. The normalized spacial score (nSPS) is 23.1. The van der Waals surface area contributed by atoms with Crippen LogP contribution < -0.4 is 4.74 Å². The maximum Gasteiger partial charge on any atom is 0.410 e. The Morgan fingerprint density at radius 2 is 2.04 bits per heavy atom. The van der Waals surface area contributed by atoms with Gasteiger partial charge < -0.3 is 14.4 Å². The molecule has 1 aromatic rings. The molecule has 1 fully saturated rings. The van der Waals surface area contributed by atoms with Crippen LogP contribution in [0.5, 0.6) is 5.75 Å². The van der Waals surface area contributed by atoms with Crippen LogP contribution in [0.1, 0.15) is 52.0 Å². The van der Waals surface area contributed by atoms with Crippen molar-refractivity contribution in [1.82, 2.24) is 4.90 Å². The molecule has 1 amide bonds. The number of likely N-dealkylation sites (tertiary alicyclic amines) is 1. The molecule has 0 bridgehead atoms. The molecular formula is C21H28ClNO3. The zero-order chi connectivity index (χ0) is 18.9. The number of hydrogen-bond donors (Lipinski definition) is 0. The largest absolute Gasteiger partial charge is 0.496 e. The number of hydrogen-bond acceptors (Lipinski definition) is 3. The molecule has 26 heavy (non-hydrogen) atoms. The van der Waals surface area contributed by atoms with Crippen molar-refractivity contribution in [2.75, 3.05) is 20.2 Å². The molecular weight excluding hydrogens is 350 g/mol. The van der Waals surface area contributed by atoms with Crippen molar-refractivity contribution in [2.45, 2.75) is 52.1 Å². The minimum atomic E-state index is -0.447. The Hall–Kier alpha value is -1.68. The van der Waals surface area contributed by atoms with Gasteiger partial charge in [-0.05, 0) is 75.6 Å². The molecule has 1 spiro atoms. The maximum absolute atomic E-state index is 12.3. The second-order valence-electron chi connectivity index (χ2n) is 8.43. The summed E-state index contributed by atoms with van der Waals surface area (Å²) in [4.78, 5) is 14.2. The Kier molecular flexibility index (Phi) is 5.25. The number of amides is 1. The summed E-state index contributed by atoms with van der Waals surface area (Å²) < 4.78 is 11.0. The van der Waals surface area contributed by atoms with E-state index in [1.165, 1.54) is 5.57 Å². The molecule has 1 atom stereocenters. The van der Waals surface area contributed by atoms with Gasteiger partial charge in [0.1, 0.15) is 11.4 Å². The highest BCUT2D eigenvalue weighted by atomic mass is 35.5. The first-order valence-corrected chi connectivity index (χ1v) is 9.60. The van der Waals surface area contributed by atoms with Gasteiger partial charge in [-0.2, -0.15) is 0 Å². The molecule has 0 saturated carbocycles. The van der Waals surface area contributed by atoms with E-state index in [0.717, 1.165) is 50.1 Å². The fraction of sp³-hybridized carbons (Fsp3) is 0.571. The van der Waals surface area contributed by atoms with E-state index in [1.807, 2.05) is 43.9 Å². The number of allylic oxidation sites excluding steroid dienone is 2. The van der Waals surface area contributed by atoms with Crippen LogP contribution in [-0.2, 0) is 4.74 Å². The number of ether oxygens (including phenoxy) is 2. The van der Waals surface area contributed by atoms with Gasteiger partial charge in [-0.1, -0.05) is 17.7 Å². The summed E-state index contributed by atoms with van der Waals surface area (Å²) >= 11 is 6.08. The lowest BCUT2D eigenvalue weighted by Gasteiger charge is -2.33. The first-order valence-electron chi connectivity index (χ1n) is 9.22. The van der Waals surface area contributed by atoms with E-state index < -0.39 is 5.60 Å². The fourth-order valence-electron chi connectivity index (χ4n) is 3.91. The fourth-order valence-corrected chi connectivity index (χ4v) is 4.07. The van der Waals surface area contributed by atoms with Crippen molar-refractivity contribution in [2.24, 2.45) is 5.41 Å². The third-order valence-electron chi connectivity index (χ3n) is 5.31. The summed E-state index contributed by atoms with van der Waals surface area (Å²) in [6.07, 6.45) is 6.20. The zero-order valence-corrected chi connectivity index (χ0v) is 16.9. The number of methoxy groups -OCH3 is 1. The minimum Gasteiger partial charge on any atom is -0.496 e. The summed E-state index contributed by atoms with van der Waals surface area (Å²) in [5.74, 6) is 0.821. The zero-order valence-electron chi connectivity index (χ0n) is 16.1. The Morgan fingerprint density at radius 1 is 1.27 bits per heavy atom. The summed E-state index contributed by atoms with van der Waals surface area (Å²) in [5, 5.41) is 0.683. The SMILES string of the molecule is COc1cc(Cl)ccc1C1=CCC2(CC1)CCN(C(=O)OC(C)(C)C)C2. The molecule has 5 heteroatoms. The van der Waals surface area contributed by atoms with Crippen LogP contribution in [0, 0.1) is 5.41 Å². The van der Waals surface area contributed by atoms with E-state index in [2.05, 4.69) is 6.08 Å². The van der Waals surface area contributed by atoms with Crippen LogP contribution >= 0.6 is 11.6 Å². The van der Waals surface area contributed by atoms with E-state index >= 15 is 0 Å². The third-order valence-corrected chi connectivity index (χ3v) is 5.54. The first kappa shape index (κ1) is 19.1. The van der Waals surface area contributed by atoms with Crippen molar-refractivity contribution in [3.05, 3.63) is 34.9 Å². The summed E-state index contributed by atoms with van der Waals surface area (Å²) in [6, 6.07) is 5.80. The molecule has 0 aromatic heterocycles. The summed E-state index contributed by atoms with van der Waals surface area (Å²) in [6.45, 7) is 7.29. The van der Waals surface area contributed by atoms with Crippen LogP contribution in [0.15, 0.2) is 24.3 Å². The quantitative estimate of drug-likeness (QED) is 0.678. The van der Waals surface area contributed by atoms with Crippen molar-refractivity contribution in [3.63, 3.8) is 0 Å². The smallest absolute Gasteiger partial charge is 0.410 e. The minimum absolute atomic E-state index is 0.181.